The predicted octanol–water partition coefficient (Wildman–Crippen LogP) is -2.01. The van der Waals surface area contributed by atoms with E-state index in [9.17, 15) is 50.1 Å². The standard InChI is InChI=1S/C38H45N3O14/c42-16-27-31(46)30(33(48)36(53-27)55-38(19-44)34(49)32(47)28(17-43)54-38)41-29(45)15-39-35(50)26(14-20-8-2-1-3-9-20)40-37(51)52-18-25-23-12-6-4-10-21(23)22-11-5-7-13-24(22)25/h1-13,25-28,30-34,36,42-44,46-49H,14-19H2,(H,39,50)(H,40,51)(H,41,45)/t26-,27+,28+,30+,31+,32+,33+,34-,36+,38-/m0/s1. The Balaban J connectivity index is 1.08. The van der Waals surface area contributed by atoms with Crippen LogP contribution in [0.15, 0.2) is 78.9 Å². The fourth-order valence-corrected chi connectivity index (χ4v) is 7.19. The quantitative estimate of drug-likeness (QED) is 0.0851. The van der Waals surface area contributed by atoms with Crippen LogP contribution in [-0.2, 0) is 35.0 Å². The number of carbonyl (C=O) groups excluding carboxylic acids is 3. The van der Waals surface area contributed by atoms with Gasteiger partial charge in [0, 0.05) is 12.3 Å². The molecule has 0 bridgehead atoms. The lowest BCUT2D eigenvalue weighted by Crippen LogP contribution is -2.67. The van der Waals surface area contributed by atoms with Gasteiger partial charge in [-0.15, -0.1) is 0 Å². The minimum atomic E-state index is -2.39. The highest BCUT2D eigenvalue weighted by atomic mass is 16.8. The lowest BCUT2D eigenvalue weighted by atomic mass is 9.95. The number of benzene rings is 3. The van der Waals surface area contributed by atoms with Gasteiger partial charge >= 0.3 is 6.09 Å². The molecule has 296 valence electrons. The van der Waals surface area contributed by atoms with E-state index in [1.807, 2.05) is 48.5 Å². The van der Waals surface area contributed by atoms with Gasteiger partial charge in [-0.25, -0.2) is 4.79 Å². The second kappa shape index (κ2) is 17.5. The molecule has 55 heavy (non-hydrogen) atoms. The number of rotatable bonds is 14. The SMILES string of the molecule is O=C(CNC(=O)[C@H](Cc1ccccc1)NC(=O)OCC1c2ccccc2-c2ccccc21)N[C@H]1[C@@H](O)[C@@H](O[C@]2(CO)O[C@H](CO)[C@@H](O)[C@@H]2O)O[C@H](CO)[C@H]1O. The first-order valence-electron chi connectivity index (χ1n) is 17.8. The molecule has 10 atom stereocenters. The summed E-state index contributed by atoms with van der Waals surface area (Å²) in [5, 5.41) is 79.4. The Kier molecular flexibility index (Phi) is 12.8. The van der Waals surface area contributed by atoms with Crippen molar-refractivity contribution in [1.29, 1.82) is 0 Å². The molecule has 0 saturated carbocycles. The number of carbonyl (C=O) groups is 3. The number of fused-ring (bicyclic) bond motifs is 3. The molecule has 0 spiro atoms. The van der Waals surface area contributed by atoms with Gasteiger partial charge in [0.2, 0.25) is 17.6 Å². The Morgan fingerprint density at radius 3 is 2.00 bits per heavy atom. The van der Waals surface area contributed by atoms with Crippen LogP contribution in [0.2, 0.25) is 0 Å². The minimum absolute atomic E-state index is 0.00431. The molecular formula is C38H45N3O14. The molecular weight excluding hydrogens is 722 g/mol. The van der Waals surface area contributed by atoms with Crippen LogP contribution in [0, 0.1) is 0 Å². The van der Waals surface area contributed by atoms with Crippen molar-refractivity contribution in [1.82, 2.24) is 16.0 Å². The lowest BCUT2D eigenvalue weighted by Gasteiger charge is -2.45. The van der Waals surface area contributed by atoms with E-state index < -0.39 is 105 Å². The predicted molar refractivity (Wildman–Crippen MR) is 190 cm³/mol. The zero-order valence-corrected chi connectivity index (χ0v) is 29.5. The highest BCUT2D eigenvalue weighted by molar-refractivity contribution is 5.90. The third-order valence-corrected chi connectivity index (χ3v) is 10.1. The third-order valence-electron chi connectivity index (χ3n) is 10.1. The van der Waals surface area contributed by atoms with Gasteiger partial charge in [-0.2, -0.15) is 0 Å². The van der Waals surface area contributed by atoms with Gasteiger partial charge in [0.15, 0.2) is 6.29 Å². The lowest BCUT2D eigenvalue weighted by molar-refractivity contribution is -0.375. The number of ether oxygens (including phenoxy) is 4. The van der Waals surface area contributed by atoms with Crippen LogP contribution in [0.25, 0.3) is 11.1 Å². The first-order chi connectivity index (χ1) is 26.5. The monoisotopic (exact) mass is 767 g/mol. The number of aliphatic hydroxyl groups excluding tert-OH is 7. The fraction of sp³-hybridized carbons (Fsp3) is 0.447. The van der Waals surface area contributed by atoms with E-state index in [0.29, 0.717) is 5.56 Å². The van der Waals surface area contributed by atoms with Gasteiger partial charge in [-0.05, 0) is 27.8 Å². The molecule has 0 radical (unpaired) electrons. The summed E-state index contributed by atoms with van der Waals surface area (Å²) in [5.74, 6) is -4.26. The molecule has 3 aromatic carbocycles. The van der Waals surface area contributed by atoms with E-state index in [-0.39, 0.29) is 18.9 Å². The maximum Gasteiger partial charge on any atom is 0.407 e. The maximum atomic E-state index is 13.5. The van der Waals surface area contributed by atoms with E-state index >= 15 is 0 Å². The molecule has 6 rings (SSSR count). The number of hydrogen-bond acceptors (Lipinski definition) is 14. The summed E-state index contributed by atoms with van der Waals surface area (Å²) in [6.45, 7) is -3.33. The Morgan fingerprint density at radius 1 is 0.782 bits per heavy atom. The van der Waals surface area contributed by atoms with Crippen LogP contribution in [0.5, 0.6) is 0 Å². The van der Waals surface area contributed by atoms with Gasteiger partial charge < -0.3 is 70.6 Å². The fourth-order valence-electron chi connectivity index (χ4n) is 7.19. The summed E-state index contributed by atoms with van der Waals surface area (Å²) in [6.07, 6.45) is -12.7. The molecule has 2 aliphatic heterocycles. The van der Waals surface area contributed by atoms with Crippen LogP contribution in [0.1, 0.15) is 22.6 Å². The van der Waals surface area contributed by atoms with Crippen LogP contribution < -0.4 is 16.0 Å². The Hall–Kier alpha value is -4.53. The normalized spacial score (nSPS) is 29.1. The van der Waals surface area contributed by atoms with Crippen molar-refractivity contribution in [2.45, 2.75) is 73.1 Å². The third kappa shape index (κ3) is 8.51. The van der Waals surface area contributed by atoms with Crippen molar-refractivity contribution >= 4 is 17.9 Å². The number of amides is 3. The molecule has 1 aliphatic carbocycles. The first-order valence-corrected chi connectivity index (χ1v) is 17.8. The molecule has 17 nitrogen and oxygen atoms in total. The van der Waals surface area contributed by atoms with E-state index in [1.165, 1.54) is 0 Å². The van der Waals surface area contributed by atoms with Gasteiger partial charge in [0.05, 0.1) is 25.8 Å². The topological polar surface area (TPSA) is 266 Å². The second-order valence-corrected chi connectivity index (χ2v) is 13.6. The second-order valence-electron chi connectivity index (χ2n) is 13.6. The van der Waals surface area contributed by atoms with E-state index in [0.717, 1.165) is 22.3 Å². The number of alkyl carbamates (subject to hydrolysis) is 1. The minimum Gasteiger partial charge on any atom is -0.449 e. The largest absolute Gasteiger partial charge is 0.449 e. The van der Waals surface area contributed by atoms with Crippen LogP contribution >= 0.6 is 0 Å². The molecule has 2 heterocycles. The zero-order chi connectivity index (χ0) is 39.3. The number of hydrogen-bond donors (Lipinski definition) is 10. The van der Waals surface area contributed by atoms with Gasteiger partial charge in [0.25, 0.3) is 0 Å². The van der Waals surface area contributed by atoms with E-state index in [4.69, 9.17) is 18.9 Å². The summed E-state index contributed by atoms with van der Waals surface area (Å²) < 4.78 is 22.0. The van der Waals surface area contributed by atoms with Gasteiger partial charge in [0.1, 0.15) is 55.9 Å². The smallest absolute Gasteiger partial charge is 0.407 e. The van der Waals surface area contributed by atoms with Crippen molar-refractivity contribution in [3.63, 3.8) is 0 Å². The molecule has 3 amide bonds. The summed E-state index contributed by atoms with van der Waals surface area (Å²) in [4.78, 5) is 39.8. The highest BCUT2D eigenvalue weighted by Crippen LogP contribution is 2.44. The highest BCUT2D eigenvalue weighted by Gasteiger charge is 2.58. The van der Waals surface area contributed by atoms with Crippen molar-refractivity contribution < 1.29 is 69.1 Å². The first kappa shape index (κ1) is 40.1. The summed E-state index contributed by atoms with van der Waals surface area (Å²) >= 11 is 0. The van der Waals surface area contributed by atoms with Crippen molar-refractivity contribution in [2.24, 2.45) is 0 Å². The van der Waals surface area contributed by atoms with Gasteiger partial charge in [-0.3, -0.25) is 9.59 Å². The number of nitrogens with one attached hydrogen (secondary N) is 3. The van der Waals surface area contributed by atoms with Crippen LogP contribution in [0.4, 0.5) is 4.79 Å². The molecule has 17 heteroatoms. The average molecular weight is 768 g/mol. The van der Waals surface area contributed by atoms with Crippen LogP contribution in [-0.4, -0.2) is 147 Å². The van der Waals surface area contributed by atoms with Crippen LogP contribution in [0.3, 0.4) is 0 Å². The Bertz CT molecular complexity index is 1760. The van der Waals surface area contributed by atoms with Crippen molar-refractivity contribution in [2.75, 3.05) is 33.0 Å². The van der Waals surface area contributed by atoms with Crippen molar-refractivity contribution in [3.8, 4) is 11.1 Å². The summed E-state index contributed by atoms with van der Waals surface area (Å²) in [5.41, 5.74) is 4.82. The Labute approximate surface area is 315 Å². The van der Waals surface area contributed by atoms with E-state index in [2.05, 4.69) is 16.0 Å². The molecule has 10 N–H and O–H groups in total. The molecule has 2 fully saturated rings. The summed E-state index contributed by atoms with van der Waals surface area (Å²) in [6, 6.07) is 21.7. The van der Waals surface area contributed by atoms with Crippen molar-refractivity contribution in [3.05, 3.63) is 95.6 Å². The van der Waals surface area contributed by atoms with Gasteiger partial charge in [-0.1, -0.05) is 78.9 Å². The molecule has 3 aromatic rings. The molecule has 2 saturated heterocycles. The molecule has 0 unspecified atom stereocenters. The zero-order valence-electron chi connectivity index (χ0n) is 29.5. The molecule has 3 aliphatic rings. The molecule has 0 aromatic heterocycles. The Morgan fingerprint density at radius 2 is 1.40 bits per heavy atom. The van der Waals surface area contributed by atoms with E-state index in [1.54, 1.807) is 30.3 Å². The maximum absolute atomic E-state index is 13.5. The summed E-state index contributed by atoms with van der Waals surface area (Å²) in [7, 11) is 0. The number of aliphatic hydroxyl groups is 7. The average Bonchev–Trinajstić information content (AvgIpc) is 3.65.